The Morgan fingerprint density at radius 1 is 1.33 bits per heavy atom. The molecule has 1 rings (SSSR count). The fraction of sp³-hybridized carbons (Fsp3) is 1.00. The van der Waals surface area contributed by atoms with E-state index in [2.05, 4.69) is 0 Å². The minimum atomic E-state index is -4.59. The SMILES string of the molecule is NC1CCCCC1(O)C(F)(F)F. The van der Waals surface area contributed by atoms with E-state index in [0.29, 0.717) is 12.8 Å². The molecule has 0 aliphatic heterocycles. The fourth-order valence-electron chi connectivity index (χ4n) is 1.53. The first kappa shape index (κ1) is 9.80. The van der Waals surface area contributed by atoms with Crippen LogP contribution in [0, 0.1) is 0 Å². The van der Waals surface area contributed by atoms with Crippen molar-refractivity contribution in [2.45, 2.75) is 43.5 Å². The van der Waals surface area contributed by atoms with Crippen LogP contribution < -0.4 is 5.73 Å². The molecule has 0 aromatic heterocycles. The highest BCUT2D eigenvalue weighted by Gasteiger charge is 2.57. The lowest BCUT2D eigenvalue weighted by Crippen LogP contribution is -2.59. The predicted octanol–water partition coefficient (Wildman–Crippen LogP) is 1.18. The van der Waals surface area contributed by atoms with E-state index in [1.807, 2.05) is 0 Å². The molecule has 3 N–H and O–H groups in total. The van der Waals surface area contributed by atoms with Crippen LogP contribution in [0.4, 0.5) is 13.2 Å². The van der Waals surface area contributed by atoms with Crippen LogP contribution >= 0.6 is 0 Å². The third kappa shape index (κ3) is 1.43. The number of nitrogens with two attached hydrogens (primary N) is 1. The number of rotatable bonds is 0. The molecule has 1 fully saturated rings. The molecule has 1 saturated carbocycles. The van der Waals surface area contributed by atoms with Crippen LogP contribution in [0.15, 0.2) is 0 Å². The van der Waals surface area contributed by atoms with Crippen molar-refractivity contribution in [3.63, 3.8) is 0 Å². The van der Waals surface area contributed by atoms with Gasteiger partial charge in [0.2, 0.25) is 0 Å². The number of hydrogen-bond acceptors (Lipinski definition) is 2. The maximum absolute atomic E-state index is 12.2. The molecule has 1 aliphatic rings. The van der Waals surface area contributed by atoms with Crippen molar-refractivity contribution in [3.05, 3.63) is 0 Å². The summed E-state index contributed by atoms with van der Waals surface area (Å²) in [5, 5.41) is 9.23. The fourth-order valence-corrected chi connectivity index (χ4v) is 1.53. The molecule has 0 aromatic rings. The summed E-state index contributed by atoms with van der Waals surface area (Å²) in [6.45, 7) is 0. The summed E-state index contributed by atoms with van der Waals surface area (Å²) < 4.78 is 36.7. The molecule has 0 bridgehead atoms. The van der Waals surface area contributed by atoms with Crippen LogP contribution in [-0.2, 0) is 0 Å². The summed E-state index contributed by atoms with van der Waals surface area (Å²) in [4.78, 5) is 0. The van der Waals surface area contributed by atoms with Crippen molar-refractivity contribution in [1.82, 2.24) is 0 Å². The van der Waals surface area contributed by atoms with Gasteiger partial charge in [0.15, 0.2) is 5.60 Å². The smallest absolute Gasteiger partial charge is 0.379 e. The monoisotopic (exact) mass is 183 g/mol. The molecule has 2 unspecified atom stereocenters. The summed E-state index contributed by atoms with van der Waals surface area (Å²) in [6, 6.07) is -1.16. The minimum absolute atomic E-state index is 0.246. The topological polar surface area (TPSA) is 46.2 Å². The van der Waals surface area contributed by atoms with Crippen molar-refractivity contribution < 1.29 is 18.3 Å². The number of alkyl halides is 3. The Morgan fingerprint density at radius 3 is 2.25 bits per heavy atom. The minimum Gasteiger partial charge on any atom is -0.379 e. The summed E-state index contributed by atoms with van der Waals surface area (Å²) >= 11 is 0. The molecule has 0 heterocycles. The van der Waals surface area contributed by atoms with Gasteiger partial charge in [-0.1, -0.05) is 12.8 Å². The molecule has 5 heteroatoms. The molecule has 0 spiro atoms. The summed E-state index contributed by atoms with van der Waals surface area (Å²) in [5.74, 6) is 0. The molecule has 2 atom stereocenters. The van der Waals surface area contributed by atoms with E-state index in [4.69, 9.17) is 5.73 Å². The van der Waals surface area contributed by atoms with Gasteiger partial charge in [0, 0.05) is 6.04 Å². The molecular formula is C7H12F3NO. The van der Waals surface area contributed by atoms with Gasteiger partial charge in [0.05, 0.1) is 0 Å². The Balaban J connectivity index is 2.79. The zero-order valence-electron chi connectivity index (χ0n) is 6.56. The number of halogens is 3. The van der Waals surface area contributed by atoms with Crippen LogP contribution in [0.5, 0.6) is 0 Å². The Kier molecular flexibility index (Phi) is 2.35. The van der Waals surface area contributed by atoms with Gasteiger partial charge in [-0.25, -0.2) is 0 Å². The van der Waals surface area contributed by atoms with Gasteiger partial charge in [0.1, 0.15) is 0 Å². The zero-order chi connectivity index (χ0) is 9.41. The first-order valence-electron chi connectivity index (χ1n) is 3.92. The summed E-state index contributed by atoms with van der Waals surface area (Å²) in [7, 11) is 0. The highest BCUT2D eigenvalue weighted by atomic mass is 19.4. The van der Waals surface area contributed by atoms with Gasteiger partial charge in [-0.15, -0.1) is 0 Å². The first-order chi connectivity index (χ1) is 5.38. The van der Waals surface area contributed by atoms with E-state index >= 15 is 0 Å². The average Bonchev–Trinajstić information content (AvgIpc) is 1.93. The molecule has 0 aromatic carbocycles. The maximum Gasteiger partial charge on any atom is 0.418 e. The third-order valence-corrected chi connectivity index (χ3v) is 2.43. The lowest BCUT2D eigenvalue weighted by Gasteiger charge is -2.38. The lowest BCUT2D eigenvalue weighted by molar-refractivity contribution is -0.275. The van der Waals surface area contributed by atoms with E-state index in [1.165, 1.54) is 0 Å². The van der Waals surface area contributed by atoms with Crippen LogP contribution in [0.3, 0.4) is 0 Å². The molecule has 0 saturated heterocycles. The van der Waals surface area contributed by atoms with E-state index in [0.717, 1.165) is 0 Å². The summed E-state index contributed by atoms with van der Waals surface area (Å²) in [6.07, 6.45) is -3.55. The maximum atomic E-state index is 12.2. The Labute approximate surface area is 68.6 Å². The quantitative estimate of drug-likeness (QED) is 0.592. The molecule has 0 radical (unpaired) electrons. The predicted molar refractivity (Wildman–Crippen MR) is 37.4 cm³/mol. The molecule has 72 valence electrons. The third-order valence-electron chi connectivity index (χ3n) is 2.43. The lowest BCUT2D eigenvalue weighted by atomic mass is 9.80. The second kappa shape index (κ2) is 2.88. The van der Waals surface area contributed by atoms with Crippen LogP contribution in [0.25, 0.3) is 0 Å². The number of aliphatic hydroxyl groups is 1. The van der Waals surface area contributed by atoms with Gasteiger partial charge < -0.3 is 10.8 Å². The van der Waals surface area contributed by atoms with Crippen molar-refractivity contribution >= 4 is 0 Å². The van der Waals surface area contributed by atoms with Gasteiger partial charge in [-0.3, -0.25) is 0 Å². The first-order valence-corrected chi connectivity index (χ1v) is 3.92. The van der Waals surface area contributed by atoms with E-state index in [-0.39, 0.29) is 12.8 Å². The molecule has 12 heavy (non-hydrogen) atoms. The molecule has 0 amide bonds. The average molecular weight is 183 g/mol. The standard InChI is InChI=1S/C7H12F3NO/c8-7(9,10)6(12)4-2-1-3-5(6)11/h5,12H,1-4,11H2. The van der Waals surface area contributed by atoms with Crippen LogP contribution in [0.1, 0.15) is 25.7 Å². The largest absolute Gasteiger partial charge is 0.418 e. The Morgan fingerprint density at radius 2 is 1.92 bits per heavy atom. The normalized spacial score (nSPS) is 38.2. The van der Waals surface area contributed by atoms with Gasteiger partial charge in [-0.2, -0.15) is 13.2 Å². The van der Waals surface area contributed by atoms with Gasteiger partial charge in [-0.05, 0) is 12.8 Å². The van der Waals surface area contributed by atoms with E-state index in [1.54, 1.807) is 0 Å². The zero-order valence-corrected chi connectivity index (χ0v) is 6.56. The van der Waals surface area contributed by atoms with E-state index < -0.39 is 17.8 Å². The molecule has 1 aliphatic carbocycles. The van der Waals surface area contributed by atoms with Gasteiger partial charge in [0.25, 0.3) is 0 Å². The van der Waals surface area contributed by atoms with Crippen molar-refractivity contribution in [2.75, 3.05) is 0 Å². The van der Waals surface area contributed by atoms with Crippen molar-refractivity contribution in [1.29, 1.82) is 0 Å². The summed E-state index contributed by atoms with van der Waals surface area (Å²) in [5.41, 5.74) is 2.58. The Bertz CT molecular complexity index is 171. The molecular weight excluding hydrogens is 171 g/mol. The van der Waals surface area contributed by atoms with Gasteiger partial charge >= 0.3 is 6.18 Å². The second-order valence-corrected chi connectivity index (χ2v) is 3.27. The Hall–Kier alpha value is -0.290. The number of hydrogen-bond donors (Lipinski definition) is 2. The van der Waals surface area contributed by atoms with Crippen LogP contribution in [-0.4, -0.2) is 22.9 Å². The second-order valence-electron chi connectivity index (χ2n) is 3.27. The van der Waals surface area contributed by atoms with Crippen molar-refractivity contribution in [3.8, 4) is 0 Å². The van der Waals surface area contributed by atoms with E-state index in [9.17, 15) is 18.3 Å². The van der Waals surface area contributed by atoms with Crippen molar-refractivity contribution in [2.24, 2.45) is 5.73 Å². The molecule has 2 nitrogen and oxygen atoms in total. The van der Waals surface area contributed by atoms with Crippen LogP contribution in [0.2, 0.25) is 0 Å². The highest BCUT2D eigenvalue weighted by molar-refractivity contribution is 4.98. The highest BCUT2D eigenvalue weighted by Crippen LogP contribution is 2.40.